The fraction of sp³-hybridized carbons (Fsp3) is 0.0769. The number of rotatable bonds is 3. The number of hydrogen-bond donors (Lipinski definition) is 2. The minimum Gasteiger partial charge on any atom is -0.494 e. The highest BCUT2D eigenvalue weighted by atomic mass is 79.9. The molecule has 19 heavy (non-hydrogen) atoms. The number of halogens is 3. The zero-order chi connectivity index (χ0) is 14.0. The third-order valence-electron chi connectivity index (χ3n) is 2.52. The molecule has 2 aromatic rings. The quantitative estimate of drug-likeness (QED) is 0.835. The van der Waals surface area contributed by atoms with Crippen LogP contribution in [-0.2, 0) is 0 Å². The van der Waals surface area contributed by atoms with Gasteiger partial charge in [-0.3, -0.25) is 0 Å². The second-order valence-corrected chi connectivity index (χ2v) is 4.68. The first-order valence-electron chi connectivity index (χ1n) is 5.36. The van der Waals surface area contributed by atoms with Crippen LogP contribution >= 0.6 is 15.9 Å². The molecule has 0 amide bonds. The second kappa shape index (κ2) is 5.44. The summed E-state index contributed by atoms with van der Waals surface area (Å²) in [6.45, 7) is 0. The number of methoxy groups -OCH3 is 1. The highest BCUT2D eigenvalue weighted by molar-refractivity contribution is 9.10. The first-order chi connectivity index (χ1) is 9.01. The monoisotopic (exact) mass is 328 g/mol. The topological polar surface area (TPSA) is 47.3 Å². The predicted molar refractivity (Wildman–Crippen MR) is 74.7 cm³/mol. The lowest BCUT2D eigenvalue weighted by Crippen LogP contribution is -1.98. The van der Waals surface area contributed by atoms with Gasteiger partial charge in [0, 0.05) is 17.8 Å². The molecule has 0 saturated carbocycles. The van der Waals surface area contributed by atoms with E-state index in [-0.39, 0.29) is 11.4 Å². The lowest BCUT2D eigenvalue weighted by Gasteiger charge is -2.11. The Kier molecular flexibility index (Phi) is 3.90. The summed E-state index contributed by atoms with van der Waals surface area (Å²) >= 11 is 3.08. The zero-order valence-electron chi connectivity index (χ0n) is 10.0. The molecule has 0 unspecified atom stereocenters. The lowest BCUT2D eigenvalue weighted by molar-refractivity contribution is 0.387. The van der Waals surface area contributed by atoms with Crippen LogP contribution in [0, 0.1) is 11.6 Å². The number of ether oxygens (including phenoxy) is 1. The van der Waals surface area contributed by atoms with Crippen molar-refractivity contribution in [3.8, 4) is 5.75 Å². The Bertz CT molecular complexity index is 620. The van der Waals surface area contributed by atoms with Crippen LogP contribution in [0.25, 0.3) is 0 Å². The maximum absolute atomic E-state index is 13.3. The van der Waals surface area contributed by atoms with E-state index in [4.69, 9.17) is 10.5 Å². The molecule has 0 saturated heterocycles. The van der Waals surface area contributed by atoms with Crippen molar-refractivity contribution < 1.29 is 13.5 Å². The molecule has 6 heteroatoms. The molecule has 2 rings (SSSR count). The molecule has 3 N–H and O–H groups in total. The molecule has 0 aliphatic carbocycles. The summed E-state index contributed by atoms with van der Waals surface area (Å²) in [5.74, 6) is -0.786. The molecule has 0 heterocycles. The predicted octanol–water partition coefficient (Wildman–Crippen LogP) is 4.06. The van der Waals surface area contributed by atoms with Crippen molar-refractivity contribution in [1.82, 2.24) is 0 Å². The largest absolute Gasteiger partial charge is 0.494 e. The minimum atomic E-state index is -0.457. The summed E-state index contributed by atoms with van der Waals surface area (Å²) in [6, 6.07) is 7.02. The van der Waals surface area contributed by atoms with E-state index in [2.05, 4.69) is 21.2 Å². The van der Waals surface area contributed by atoms with Gasteiger partial charge in [-0.25, -0.2) is 8.78 Å². The van der Waals surface area contributed by atoms with Gasteiger partial charge >= 0.3 is 0 Å². The van der Waals surface area contributed by atoms with Crippen LogP contribution < -0.4 is 15.8 Å². The number of benzene rings is 2. The van der Waals surface area contributed by atoms with Gasteiger partial charge in [-0.2, -0.15) is 0 Å². The molecule has 100 valence electrons. The van der Waals surface area contributed by atoms with Crippen LogP contribution in [0.4, 0.5) is 25.8 Å². The van der Waals surface area contributed by atoms with E-state index >= 15 is 0 Å². The summed E-state index contributed by atoms with van der Waals surface area (Å²) in [7, 11) is 1.38. The van der Waals surface area contributed by atoms with Crippen LogP contribution in [0.2, 0.25) is 0 Å². The van der Waals surface area contributed by atoms with Crippen molar-refractivity contribution in [3.63, 3.8) is 0 Å². The molecule has 0 radical (unpaired) electrons. The fourth-order valence-corrected chi connectivity index (χ4v) is 1.91. The SMILES string of the molecule is COc1cc(Nc2cc(Br)c(F)cc2N)ccc1F. The Hall–Kier alpha value is -1.82. The van der Waals surface area contributed by atoms with Crippen molar-refractivity contribution in [2.45, 2.75) is 0 Å². The first-order valence-corrected chi connectivity index (χ1v) is 6.15. The van der Waals surface area contributed by atoms with Gasteiger partial charge in [-0.1, -0.05) is 0 Å². The number of nitrogen functional groups attached to an aromatic ring is 1. The van der Waals surface area contributed by atoms with Crippen LogP contribution in [0.1, 0.15) is 0 Å². The van der Waals surface area contributed by atoms with Gasteiger partial charge in [0.25, 0.3) is 0 Å². The third kappa shape index (κ3) is 2.96. The average molecular weight is 329 g/mol. The summed E-state index contributed by atoms with van der Waals surface area (Å²) in [4.78, 5) is 0. The molecule has 0 fully saturated rings. The van der Waals surface area contributed by atoms with Crippen molar-refractivity contribution in [1.29, 1.82) is 0 Å². The summed E-state index contributed by atoms with van der Waals surface area (Å²) in [5, 5.41) is 2.97. The molecule has 0 spiro atoms. The van der Waals surface area contributed by atoms with Crippen LogP contribution in [-0.4, -0.2) is 7.11 Å². The third-order valence-corrected chi connectivity index (χ3v) is 3.13. The molecule has 2 aromatic carbocycles. The number of hydrogen-bond acceptors (Lipinski definition) is 3. The molecule has 3 nitrogen and oxygen atoms in total. The molecule has 0 atom stereocenters. The van der Waals surface area contributed by atoms with Gasteiger partial charge in [0.1, 0.15) is 5.82 Å². The van der Waals surface area contributed by atoms with Gasteiger partial charge in [0.15, 0.2) is 11.6 Å². The Morgan fingerprint density at radius 3 is 2.58 bits per heavy atom. The maximum Gasteiger partial charge on any atom is 0.165 e. The van der Waals surface area contributed by atoms with E-state index in [9.17, 15) is 8.78 Å². The molecule has 0 aliphatic heterocycles. The molecule has 0 aliphatic rings. The summed E-state index contributed by atoms with van der Waals surface area (Å²) in [5.41, 5.74) is 7.07. The van der Waals surface area contributed by atoms with E-state index in [1.807, 2.05) is 0 Å². The van der Waals surface area contributed by atoms with E-state index in [1.54, 1.807) is 0 Å². The van der Waals surface area contributed by atoms with E-state index in [1.165, 1.54) is 37.4 Å². The Morgan fingerprint density at radius 2 is 1.89 bits per heavy atom. The number of anilines is 3. The van der Waals surface area contributed by atoms with Crippen LogP contribution in [0.3, 0.4) is 0 Å². The van der Waals surface area contributed by atoms with E-state index < -0.39 is 11.6 Å². The molecule has 0 aromatic heterocycles. The van der Waals surface area contributed by atoms with E-state index in [0.717, 1.165) is 0 Å². The number of nitrogens with two attached hydrogens (primary N) is 1. The summed E-state index contributed by atoms with van der Waals surface area (Å²) in [6.07, 6.45) is 0. The molecule has 0 bridgehead atoms. The zero-order valence-corrected chi connectivity index (χ0v) is 11.6. The Balaban J connectivity index is 2.33. The van der Waals surface area contributed by atoms with Crippen LogP contribution in [0.5, 0.6) is 5.75 Å². The Morgan fingerprint density at radius 1 is 1.16 bits per heavy atom. The summed E-state index contributed by atoms with van der Waals surface area (Å²) < 4.78 is 31.7. The van der Waals surface area contributed by atoms with Gasteiger partial charge in [0.05, 0.1) is 23.0 Å². The van der Waals surface area contributed by atoms with Crippen molar-refractivity contribution >= 4 is 33.0 Å². The second-order valence-electron chi connectivity index (χ2n) is 3.83. The fourth-order valence-electron chi connectivity index (χ4n) is 1.56. The molecular formula is C13H11BrF2N2O. The normalized spacial score (nSPS) is 10.3. The van der Waals surface area contributed by atoms with Gasteiger partial charge in [-0.05, 0) is 34.1 Å². The maximum atomic E-state index is 13.3. The van der Waals surface area contributed by atoms with Gasteiger partial charge < -0.3 is 15.8 Å². The number of nitrogens with one attached hydrogen (secondary N) is 1. The Labute approximate surface area is 117 Å². The average Bonchev–Trinajstić information content (AvgIpc) is 2.38. The van der Waals surface area contributed by atoms with Gasteiger partial charge in [-0.15, -0.1) is 0 Å². The van der Waals surface area contributed by atoms with Crippen molar-refractivity contribution in [2.24, 2.45) is 0 Å². The minimum absolute atomic E-state index is 0.116. The first kappa shape index (κ1) is 13.6. The smallest absolute Gasteiger partial charge is 0.165 e. The van der Waals surface area contributed by atoms with Crippen LogP contribution in [0.15, 0.2) is 34.8 Å². The lowest BCUT2D eigenvalue weighted by atomic mass is 10.2. The van der Waals surface area contributed by atoms with Crippen molar-refractivity contribution in [2.75, 3.05) is 18.2 Å². The molecular weight excluding hydrogens is 318 g/mol. The highest BCUT2D eigenvalue weighted by Gasteiger charge is 2.08. The highest BCUT2D eigenvalue weighted by Crippen LogP contribution is 2.30. The van der Waals surface area contributed by atoms with Gasteiger partial charge in [0.2, 0.25) is 0 Å². The van der Waals surface area contributed by atoms with E-state index in [0.29, 0.717) is 15.8 Å². The van der Waals surface area contributed by atoms with Crippen molar-refractivity contribution in [3.05, 3.63) is 46.4 Å². The standard InChI is InChI=1S/C13H11BrF2N2O/c1-19-13-4-7(2-3-9(13)15)18-12-5-8(14)10(16)6-11(12)17/h2-6,18H,17H2,1H3.